The van der Waals surface area contributed by atoms with Crippen molar-refractivity contribution in [3.63, 3.8) is 0 Å². The number of nitrogens with zero attached hydrogens (tertiary/aromatic N) is 2. The number of rotatable bonds is 2. The van der Waals surface area contributed by atoms with Crippen molar-refractivity contribution in [1.29, 1.82) is 0 Å². The van der Waals surface area contributed by atoms with Crippen LogP contribution >= 0.6 is 0 Å². The summed E-state index contributed by atoms with van der Waals surface area (Å²) >= 11 is 0. The van der Waals surface area contributed by atoms with Gasteiger partial charge in [-0.25, -0.2) is 0 Å². The zero-order chi connectivity index (χ0) is 13.5. The van der Waals surface area contributed by atoms with Gasteiger partial charge in [0.05, 0.1) is 17.4 Å². The molecule has 5 heteroatoms. The number of aliphatic hydroxyl groups is 1. The van der Waals surface area contributed by atoms with Crippen LogP contribution in [-0.4, -0.2) is 44.7 Å². The molecule has 5 nitrogen and oxygen atoms in total. The molecule has 2 fully saturated rings. The molecule has 2 aliphatic rings. The number of likely N-dealkylation sites (tertiary alicyclic amines) is 1. The number of carbonyl (C=O) groups is 1. The Labute approximate surface area is 111 Å². The van der Waals surface area contributed by atoms with Crippen LogP contribution in [0.2, 0.25) is 0 Å². The van der Waals surface area contributed by atoms with Crippen LogP contribution in [0.15, 0.2) is 18.5 Å². The minimum Gasteiger partial charge on any atom is -0.506 e. The van der Waals surface area contributed by atoms with Gasteiger partial charge in [-0.2, -0.15) is 0 Å². The van der Waals surface area contributed by atoms with E-state index in [1.165, 1.54) is 18.5 Å². The summed E-state index contributed by atoms with van der Waals surface area (Å²) in [7, 11) is 0. The van der Waals surface area contributed by atoms with Crippen molar-refractivity contribution in [2.24, 2.45) is 5.92 Å². The predicted octanol–water partition coefficient (Wildman–Crippen LogP) is 1.16. The number of hydrogen-bond acceptors (Lipinski definition) is 4. The highest BCUT2D eigenvalue weighted by Crippen LogP contribution is 2.45. The molecule has 2 heterocycles. The van der Waals surface area contributed by atoms with Crippen LogP contribution in [0.1, 0.15) is 36.0 Å². The molecule has 1 unspecified atom stereocenters. The van der Waals surface area contributed by atoms with Gasteiger partial charge in [0, 0.05) is 25.2 Å². The average molecular weight is 262 g/mol. The van der Waals surface area contributed by atoms with Crippen molar-refractivity contribution in [3.8, 4) is 5.75 Å². The topological polar surface area (TPSA) is 73.7 Å². The van der Waals surface area contributed by atoms with Gasteiger partial charge in [0.25, 0.3) is 5.91 Å². The van der Waals surface area contributed by atoms with Gasteiger partial charge in [-0.05, 0) is 31.7 Å². The maximum atomic E-state index is 12.3. The molecule has 19 heavy (non-hydrogen) atoms. The van der Waals surface area contributed by atoms with E-state index in [4.69, 9.17) is 0 Å². The second kappa shape index (κ2) is 4.49. The summed E-state index contributed by atoms with van der Waals surface area (Å²) < 4.78 is 0. The Bertz CT molecular complexity index is 499. The van der Waals surface area contributed by atoms with Gasteiger partial charge >= 0.3 is 0 Å². The van der Waals surface area contributed by atoms with Crippen LogP contribution in [0.5, 0.6) is 5.75 Å². The molecule has 0 aromatic carbocycles. The maximum absolute atomic E-state index is 12.3. The van der Waals surface area contributed by atoms with Gasteiger partial charge in [-0.15, -0.1) is 0 Å². The van der Waals surface area contributed by atoms with E-state index in [-0.39, 0.29) is 17.6 Å². The van der Waals surface area contributed by atoms with Crippen LogP contribution in [0, 0.1) is 5.92 Å². The van der Waals surface area contributed by atoms with Crippen molar-refractivity contribution < 1.29 is 15.0 Å². The molecule has 1 amide bonds. The Morgan fingerprint density at radius 3 is 2.89 bits per heavy atom. The van der Waals surface area contributed by atoms with E-state index in [0.29, 0.717) is 18.7 Å². The largest absolute Gasteiger partial charge is 0.506 e. The molecule has 102 valence electrons. The summed E-state index contributed by atoms with van der Waals surface area (Å²) in [6.07, 6.45) is 6.39. The third-order valence-electron chi connectivity index (χ3n) is 4.20. The SMILES string of the molecule is O=C(c1cncc(O)c1)N1CCCC(C2(O)CC2)C1. The Balaban J connectivity index is 1.73. The highest BCUT2D eigenvalue weighted by atomic mass is 16.3. The molecule has 2 N–H and O–H groups in total. The monoisotopic (exact) mass is 262 g/mol. The molecular weight excluding hydrogens is 244 g/mol. The summed E-state index contributed by atoms with van der Waals surface area (Å²) in [6, 6.07) is 1.44. The second-order valence-electron chi connectivity index (χ2n) is 5.63. The van der Waals surface area contributed by atoms with Gasteiger partial charge < -0.3 is 15.1 Å². The number of amides is 1. The minimum absolute atomic E-state index is 0.000214. The number of pyridine rings is 1. The maximum Gasteiger partial charge on any atom is 0.255 e. The van der Waals surface area contributed by atoms with E-state index >= 15 is 0 Å². The molecule has 1 saturated carbocycles. The van der Waals surface area contributed by atoms with Crippen LogP contribution in [0.4, 0.5) is 0 Å². The predicted molar refractivity (Wildman–Crippen MR) is 68.7 cm³/mol. The van der Waals surface area contributed by atoms with Gasteiger partial charge in [-0.1, -0.05) is 0 Å². The Kier molecular flexibility index (Phi) is 2.93. The van der Waals surface area contributed by atoms with Gasteiger partial charge in [-0.3, -0.25) is 9.78 Å². The second-order valence-corrected chi connectivity index (χ2v) is 5.63. The Morgan fingerprint density at radius 2 is 2.21 bits per heavy atom. The quantitative estimate of drug-likeness (QED) is 0.839. The van der Waals surface area contributed by atoms with E-state index in [1.807, 2.05) is 0 Å². The van der Waals surface area contributed by atoms with Crippen LogP contribution in [0.3, 0.4) is 0 Å². The molecule has 0 spiro atoms. The van der Waals surface area contributed by atoms with E-state index in [1.54, 1.807) is 4.90 Å². The number of carbonyl (C=O) groups excluding carboxylic acids is 1. The van der Waals surface area contributed by atoms with Crippen LogP contribution in [-0.2, 0) is 0 Å². The molecule has 1 aliphatic heterocycles. The molecule has 1 aromatic heterocycles. The third kappa shape index (κ3) is 2.42. The standard InChI is InChI=1S/C14H18N2O3/c17-12-6-10(7-15-8-12)13(18)16-5-1-2-11(9-16)14(19)3-4-14/h6-8,11,17,19H,1-5,9H2. The summed E-state index contributed by atoms with van der Waals surface area (Å²) in [6.45, 7) is 1.31. The third-order valence-corrected chi connectivity index (χ3v) is 4.20. The van der Waals surface area contributed by atoms with E-state index < -0.39 is 5.60 Å². The zero-order valence-electron chi connectivity index (χ0n) is 10.7. The highest BCUT2D eigenvalue weighted by molar-refractivity contribution is 5.94. The van der Waals surface area contributed by atoms with Crippen LogP contribution in [0.25, 0.3) is 0 Å². The van der Waals surface area contributed by atoms with Gasteiger partial charge in [0.15, 0.2) is 0 Å². The highest BCUT2D eigenvalue weighted by Gasteiger charge is 2.49. The first-order chi connectivity index (χ1) is 9.08. The van der Waals surface area contributed by atoms with Crippen LogP contribution < -0.4 is 0 Å². The number of aromatic hydroxyl groups is 1. The Morgan fingerprint density at radius 1 is 1.42 bits per heavy atom. The number of aromatic nitrogens is 1. The summed E-state index contributed by atoms with van der Waals surface area (Å²) in [5.74, 6) is 0.0769. The summed E-state index contributed by atoms with van der Waals surface area (Å²) in [5.41, 5.74) is -0.126. The average Bonchev–Trinajstić information content (AvgIpc) is 3.17. The lowest BCUT2D eigenvalue weighted by Gasteiger charge is -2.35. The molecule has 0 radical (unpaired) electrons. The fourth-order valence-corrected chi connectivity index (χ4v) is 2.86. The molecule has 1 atom stereocenters. The van der Waals surface area contributed by atoms with Crippen molar-refractivity contribution >= 4 is 5.91 Å². The Hall–Kier alpha value is -1.62. The first kappa shape index (κ1) is 12.4. The first-order valence-electron chi connectivity index (χ1n) is 6.74. The summed E-state index contributed by atoms with van der Waals surface area (Å²) in [5, 5.41) is 19.6. The lowest BCUT2D eigenvalue weighted by molar-refractivity contribution is 0.0282. The lowest BCUT2D eigenvalue weighted by Crippen LogP contribution is -2.44. The molecule has 1 aliphatic carbocycles. The van der Waals surface area contributed by atoms with Crippen molar-refractivity contribution in [1.82, 2.24) is 9.88 Å². The van der Waals surface area contributed by atoms with Crippen molar-refractivity contribution in [2.45, 2.75) is 31.3 Å². The number of piperidine rings is 1. The van der Waals surface area contributed by atoms with E-state index in [9.17, 15) is 15.0 Å². The fourth-order valence-electron chi connectivity index (χ4n) is 2.86. The normalized spacial score (nSPS) is 25.1. The molecule has 3 rings (SSSR count). The summed E-state index contributed by atoms with van der Waals surface area (Å²) in [4.78, 5) is 17.9. The first-order valence-corrected chi connectivity index (χ1v) is 6.74. The number of hydrogen-bond donors (Lipinski definition) is 2. The minimum atomic E-state index is -0.532. The van der Waals surface area contributed by atoms with Crippen molar-refractivity contribution in [2.75, 3.05) is 13.1 Å². The van der Waals surface area contributed by atoms with Gasteiger partial charge in [0.2, 0.25) is 0 Å². The van der Waals surface area contributed by atoms with E-state index in [0.717, 1.165) is 25.7 Å². The van der Waals surface area contributed by atoms with Gasteiger partial charge in [0.1, 0.15) is 5.75 Å². The fraction of sp³-hybridized carbons (Fsp3) is 0.571. The smallest absolute Gasteiger partial charge is 0.255 e. The molecular formula is C14H18N2O3. The lowest BCUT2D eigenvalue weighted by atomic mass is 9.90. The molecule has 1 saturated heterocycles. The molecule has 1 aromatic rings. The van der Waals surface area contributed by atoms with E-state index in [2.05, 4.69) is 4.98 Å². The zero-order valence-corrected chi connectivity index (χ0v) is 10.7. The van der Waals surface area contributed by atoms with Crippen molar-refractivity contribution in [3.05, 3.63) is 24.0 Å². The molecule has 0 bridgehead atoms.